The van der Waals surface area contributed by atoms with Crippen molar-refractivity contribution in [3.8, 4) is 11.1 Å². The molecule has 2 rings (SSSR count). The quantitative estimate of drug-likeness (QED) is 0.800. The molecule has 1 aromatic carbocycles. The van der Waals surface area contributed by atoms with Gasteiger partial charge in [0.05, 0.1) is 5.56 Å². The first-order valence-corrected chi connectivity index (χ1v) is 5.13. The van der Waals surface area contributed by atoms with E-state index in [1.54, 1.807) is 18.2 Å². The van der Waals surface area contributed by atoms with Crippen LogP contribution in [-0.4, -0.2) is 22.3 Å². The molecular weight excluding hydrogens is 234 g/mol. The minimum atomic E-state index is -1.13. The van der Waals surface area contributed by atoms with Gasteiger partial charge < -0.3 is 10.1 Å². The minimum Gasteiger partial charge on any atom is -0.478 e. The van der Waals surface area contributed by atoms with E-state index in [1.807, 2.05) is 0 Å². The molecule has 0 saturated heterocycles. The summed E-state index contributed by atoms with van der Waals surface area (Å²) in [7, 11) is 0. The summed E-state index contributed by atoms with van der Waals surface area (Å²) >= 11 is 0. The molecule has 0 spiro atoms. The van der Waals surface area contributed by atoms with Gasteiger partial charge >= 0.3 is 5.97 Å². The number of H-pyrrole nitrogens is 1. The van der Waals surface area contributed by atoms with Gasteiger partial charge in [-0.1, -0.05) is 18.2 Å². The Morgan fingerprint density at radius 1 is 1.28 bits per heavy atom. The molecule has 0 radical (unpaired) electrons. The topological polar surface area (TPSA) is 87.2 Å². The van der Waals surface area contributed by atoms with E-state index in [0.717, 1.165) is 6.20 Å². The fraction of sp³-hybridized carbons (Fsp3) is 0. The van der Waals surface area contributed by atoms with E-state index in [-0.39, 0.29) is 11.1 Å². The van der Waals surface area contributed by atoms with Crippen LogP contribution in [0.1, 0.15) is 20.7 Å². The Hall–Kier alpha value is -2.69. The number of aromatic amines is 1. The van der Waals surface area contributed by atoms with Gasteiger partial charge in [0.15, 0.2) is 0 Å². The highest BCUT2D eigenvalue weighted by molar-refractivity contribution is 5.89. The van der Waals surface area contributed by atoms with Crippen LogP contribution in [0.15, 0.2) is 41.3 Å². The fourth-order valence-corrected chi connectivity index (χ4v) is 1.60. The number of hydrogen-bond donors (Lipinski definition) is 2. The van der Waals surface area contributed by atoms with Crippen LogP contribution in [0.5, 0.6) is 0 Å². The molecule has 0 aliphatic rings. The second kappa shape index (κ2) is 4.67. The van der Waals surface area contributed by atoms with Crippen molar-refractivity contribution in [3.63, 3.8) is 0 Å². The average molecular weight is 243 g/mol. The molecule has 0 bridgehead atoms. The van der Waals surface area contributed by atoms with Gasteiger partial charge in [-0.25, -0.2) is 4.79 Å². The normalized spacial score (nSPS) is 10.0. The van der Waals surface area contributed by atoms with Crippen LogP contribution in [0.3, 0.4) is 0 Å². The summed E-state index contributed by atoms with van der Waals surface area (Å²) in [6.45, 7) is 0. The van der Waals surface area contributed by atoms with Gasteiger partial charge in [0.2, 0.25) is 0 Å². The summed E-state index contributed by atoms with van der Waals surface area (Å²) in [6.07, 6.45) is 1.80. The number of aromatic carboxylic acids is 1. The molecule has 0 fully saturated rings. The number of rotatable bonds is 3. The van der Waals surface area contributed by atoms with Crippen LogP contribution >= 0.6 is 0 Å². The summed E-state index contributed by atoms with van der Waals surface area (Å²) in [5.41, 5.74) is 0.735. The number of nitrogens with one attached hydrogen (secondary N) is 1. The van der Waals surface area contributed by atoms with E-state index < -0.39 is 11.5 Å². The number of carbonyl (C=O) groups is 2. The highest BCUT2D eigenvalue weighted by Gasteiger charge is 2.09. The zero-order valence-corrected chi connectivity index (χ0v) is 9.21. The molecule has 0 amide bonds. The fourth-order valence-electron chi connectivity index (χ4n) is 1.60. The van der Waals surface area contributed by atoms with E-state index in [1.165, 1.54) is 12.1 Å². The van der Waals surface area contributed by atoms with E-state index >= 15 is 0 Å². The number of carbonyl (C=O) groups excluding carboxylic acids is 1. The summed E-state index contributed by atoms with van der Waals surface area (Å²) in [5.74, 6) is -1.13. The Morgan fingerprint density at radius 3 is 2.72 bits per heavy atom. The Labute approximate surface area is 102 Å². The summed E-state index contributed by atoms with van der Waals surface area (Å²) in [6, 6.07) is 7.69. The van der Waals surface area contributed by atoms with Crippen molar-refractivity contribution in [1.29, 1.82) is 0 Å². The van der Waals surface area contributed by atoms with Crippen LogP contribution in [0.4, 0.5) is 0 Å². The molecular formula is C13H9NO4. The largest absolute Gasteiger partial charge is 0.478 e. The zero-order chi connectivity index (χ0) is 13.1. The van der Waals surface area contributed by atoms with Crippen LogP contribution in [0.25, 0.3) is 11.1 Å². The average Bonchev–Trinajstić information content (AvgIpc) is 2.39. The summed E-state index contributed by atoms with van der Waals surface area (Å²) in [5, 5.41) is 8.87. The third kappa shape index (κ3) is 2.20. The molecule has 0 unspecified atom stereocenters. The Kier molecular flexibility index (Phi) is 3.05. The van der Waals surface area contributed by atoms with E-state index in [2.05, 4.69) is 4.98 Å². The Balaban J connectivity index is 2.62. The SMILES string of the molecule is O=Cc1cccc(-c2cc(C(=O)O)c[nH]c2=O)c1. The first kappa shape index (κ1) is 11.8. The molecule has 5 heteroatoms. The number of hydrogen-bond acceptors (Lipinski definition) is 3. The van der Waals surface area contributed by atoms with E-state index in [9.17, 15) is 14.4 Å². The predicted molar refractivity (Wildman–Crippen MR) is 64.8 cm³/mol. The number of carboxylic acids is 1. The number of aromatic nitrogens is 1. The number of pyridine rings is 1. The molecule has 90 valence electrons. The monoisotopic (exact) mass is 243 g/mol. The summed E-state index contributed by atoms with van der Waals surface area (Å²) in [4.78, 5) is 35.5. The van der Waals surface area contributed by atoms with Crippen LogP contribution in [0, 0.1) is 0 Å². The maximum atomic E-state index is 11.7. The first-order valence-electron chi connectivity index (χ1n) is 5.13. The van der Waals surface area contributed by atoms with Gasteiger partial charge in [-0.15, -0.1) is 0 Å². The molecule has 18 heavy (non-hydrogen) atoms. The molecule has 2 aromatic rings. The van der Waals surface area contributed by atoms with Crippen LogP contribution in [0.2, 0.25) is 0 Å². The molecule has 1 heterocycles. The minimum absolute atomic E-state index is 0.0129. The maximum absolute atomic E-state index is 11.7. The van der Waals surface area contributed by atoms with Gasteiger partial charge in [0.1, 0.15) is 6.29 Å². The van der Waals surface area contributed by atoms with Gasteiger partial charge in [0.25, 0.3) is 5.56 Å². The highest BCUT2D eigenvalue weighted by Crippen LogP contribution is 2.17. The molecule has 5 nitrogen and oxygen atoms in total. The lowest BCUT2D eigenvalue weighted by atomic mass is 10.0. The lowest BCUT2D eigenvalue weighted by Crippen LogP contribution is -2.11. The van der Waals surface area contributed by atoms with Gasteiger partial charge in [-0.05, 0) is 17.7 Å². The van der Waals surface area contributed by atoms with Crippen molar-refractivity contribution in [1.82, 2.24) is 4.98 Å². The van der Waals surface area contributed by atoms with E-state index in [0.29, 0.717) is 17.4 Å². The molecule has 0 atom stereocenters. The van der Waals surface area contributed by atoms with Crippen LogP contribution in [-0.2, 0) is 0 Å². The van der Waals surface area contributed by atoms with Gasteiger partial charge in [0, 0.05) is 17.3 Å². The van der Waals surface area contributed by atoms with Crippen molar-refractivity contribution in [2.24, 2.45) is 0 Å². The van der Waals surface area contributed by atoms with Crippen molar-refractivity contribution >= 4 is 12.3 Å². The predicted octanol–water partition coefficient (Wildman–Crippen LogP) is 1.55. The lowest BCUT2D eigenvalue weighted by molar-refractivity contribution is 0.0696. The van der Waals surface area contributed by atoms with Gasteiger partial charge in [-0.3, -0.25) is 9.59 Å². The first-order chi connectivity index (χ1) is 8.61. The molecule has 2 N–H and O–H groups in total. The molecule has 0 aliphatic heterocycles. The van der Waals surface area contributed by atoms with Gasteiger partial charge in [-0.2, -0.15) is 0 Å². The second-order valence-electron chi connectivity index (χ2n) is 3.68. The smallest absolute Gasteiger partial charge is 0.337 e. The number of benzene rings is 1. The molecule has 1 aromatic heterocycles. The Bertz CT molecular complexity index is 673. The molecule has 0 saturated carbocycles. The van der Waals surface area contributed by atoms with E-state index in [4.69, 9.17) is 5.11 Å². The lowest BCUT2D eigenvalue weighted by Gasteiger charge is -2.02. The third-order valence-corrected chi connectivity index (χ3v) is 2.48. The van der Waals surface area contributed by atoms with Crippen molar-refractivity contribution in [2.45, 2.75) is 0 Å². The third-order valence-electron chi connectivity index (χ3n) is 2.48. The molecule has 0 aliphatic carbocycles. The van der Waals surface area contributed by atoms with Crippen molar-refractivity contribution < 1.29 is 14.7 Å². The summed E-state index contributed by atoms with van der Waals surface area (Å²) < 4.78 is 0. The van der Waals surface area contributed by atoms with Crippen molar-refractivity contribution in [3.05, 3.63) is 58.0 Å². The number of carboxylic acid groups (broad SMARTS) is 1. The zero-order valence-electron chi connectivity index (χ0n) is 9.21. The standard InChI is InChI=1S/C13H9NO4/c15-7-8-2-1-3-9(4-8)11-5-10(13(17)18)6-14-12(11)16/h1-7H,(H,14,16)(H,17,18). The van der Waals surface area contributed by atoms with Crippen molar-refractivity contribution in [2.75, 3.05) is 0 Å². The van der Waals surface area contributed by atoms with Crippen LogP contribution < -0.4 is 5.56 Å². The maximum Gasteiger partial charge on any atom is 0.337 e. The highest BCUT2D eigenvalue weighted by atomic mass is 16.4. The second-order valence-corrected chi connectivity index (χ2v) is 3.68. The number of aldehydes is 1. The Morgan fingerprint density at radius 2 is 2.06 bits per heavy atom.